The van der Waals surface area contributed by atoms with Crippen LogP contribution in [0.4, 0.5) is 0 Å². The van der Waals surface area contributed by atoms with Gasteiger partial charge >= 0.3 is 5.97 Å². The number of carboxylic acids is 1. The number of aromatic amines is 1. The van der Waals surface area contributed by atoms with Crippen molar-refractivity contribution in [1.82, 2.24) is 15.2 Å². The molecule has 3 N–H and O–H groups in total. The molecule has 9 nitrogen and oxygen atoms in total. The summed E-state index contributed by atoms with van der Waals surface area (Å²) in [7, 11) is 0. The van der Waals surface area contributed by atoms with Gasteiger partial charge in [0.1, 0.15) is 17.4 Å². The third-order valence-electron chi connectivity index (χ3n) is 3.74. The molecule has 0 aromatic carbocycles. The number of furan rings is 1. The lowest BCUT2D eigenvalue weighted by Crippen LogP contribution is -2.48. The summed E-state index contributed by atoms with van der Waals surface area (Å²) in [6.07, 6.45) is 1.45. The van der Waals surface area contributed by atoms with Crippen LogP contribution in [0, 0.1) is 0 Å². The van der Waals surface area contributed by atoms with Crippen LogP contribution < -0.4 is 10.9 Å². The minimum atomic E-state index is -1.22. The first-order valence-electron chi connectivity index (χ1n) is 7.86. The fourth-order valence-corrected chi connectivity index (χ4v) is 2.33. The Kier molecular flexibility index (Phi) is 5.94. The van der Waals surface area contributed by atoms with E-state index in [1.165, 1.54) is 32.2 Å². The molecule has 0 fully saturated rings. The molecule has 0 spiro atoms. The standard InChI is InChI=1S/C17H19N3O6/c1-10(17(24)25)20(8-7-18-11(2)21)16(23)12-5-6-13(19-15(12)22)14-4-3-9-26-14/h3-6,9-10H,7-8H2,1-2H3,(H,18,21)(H,19,22)(H,24,25). The zero-order valence-corrected chi connectivity index (χ0v) is 14.3. The summed E-state index contributed by atoms with van der Waals surface area (Å²) in [4.78, 5) is 50.8. The van der Waals surface area contributed by atoms with Crippen molar-refractivity contribution >= 4 is 17.8 Å². The van der Waals surface area contributed by atoms with Gasteiger partial charge in [0.05, 0.1) is 12.0 Å². The van der Waals surface area contributed by atoms with Gasteiger partial charge < -0.3 is 24.7 Å². The molecule has 26 heavy (non-hydrogen) atoms. The Hall–Kier alpha value is -3.36. The second-order valence-corrected chi connectivity index (χ2v) is 5.59. The number of nitrogens with one attached hydrogen (secondary N) is 2. The van der Waals surface area contributed by atoms with Gasteiger partial charge in [0.15, 0.2) is 0 Å². The number of carboxylic acid groups (broad SMARTS) is 1. The van der Waals surface area contributed by atoms with Crippen LogP contribution >= 0.6 is 0 Å². The van der Waals surface area contributed by atoms with Crippen LogP contribution in [0.5, 0.6) is 0 Å². The van der Waals surface area contributed by atoms with E-state index in [1.807, 2.05) is 0 Å². The molecule has 0 aliphatic heterocycles. The van der Waals surface area contributed by atoms with Crippen molar-refractivity contribution in [3.8, 4) is 11.5 Å². The molecule has 1 atom stereocenters. The Morgan fingerprint density at radius 1 is 1.31 bits per heavy atom. The molecule has 9 heteroatoms. The average molecular weight is 361 g/mol. The van der Waals surface area contributed by atoms with Gasteiger partial charge in [-0.1, -0.05) is 0 Å². The SMILES string of the molecule is CC(=O)NCCN(C(=O)c1ccc(-c2ccco2)[nH]c1=O)C(C)C(=O)O. The highest BCUT2D eigenvalue weighted by molar-refractivity contribution is 5.96. The van der Waals surface area contributed by atoms with Gasteiger partial charge in [0, 0.05) is 20.0 Å². The van der Waals surface area contributed by atoms with Crippen molar-refractivity contribution in [2.45, 2.75) is 19.9 Å². The molecule has 0 radical (unpaired) electrons. The van der Waals surface area contributed by atoms with Gasteiger partial charge in [0.2, 0.25) is 5.91 Å². The number of hydrogen-bond acceptors (Lipinski definition) is 5. The summed E-state index contributed by atoms with van der Waals surface area (Å²) in [6.45, 7) is 2.66. The van der Waals surface area contributed by atoms with Crippen LogP contribution in [0.15, 0.2) is 39.7 Å². The van der Waals surface area contributed by atoms with Gasteiger partial charge in [0.25, 0.3) is 11.5 Å². The highest BCUT2D eigenvalue weighted by Crippen LogP contribution is 2.16. The molecule has 1 unspecified atom stereocenters. The van der Waals surface area contributed by atoms with Crippen LogP contribution in [-0.4, -0.2) is 51.9 Å². The third-order valence-corrected chi connectivity index (χ3v) is 3.74. The van der Waals surface area contributed by atoms with Crippen LogP contribution in [0.3, 0.4) is 0 Å². The van der Waals surface area contributed by atoms with E-state index in [0.29, 0.717) is 11.5 Å². The highest BCUT2D eigenvalue weighted by Gasteiger charge is 2.28. The third kappa shape index (κ3) is 4.38. The molecule has 138 valence electrons. The van der Waals surface area contributed by atoms with E-state index >= 15 is 0 Å². The first-order valence-corrected chi connectivity index (χ1v) is 7.86. The van der Waals surface area contributed by atoms with Gasteiger partial charge in [-0.15, -0.1) is 0 Å². The number of carbonyl (C=O) groups excluding carboxylic acids is 2. The summed E-state index contributed by atoms with van der Waals surface area (Å²) in [5.74, 6) is -1.83. The number of carbonyl (C=O) groups is 3. The van der Waals surface area contributed by atoms with E-state index in [4.69, 9.17) is 4.42 Å². The summed E-state index contributed by atoms with van der Waals surface area (Å²) in [5, 5.41) is 11.7. The number of aromatic nitrogens is 1. The van der Waals surface area contributed by atoms with E-state index in [-0.39, 0.29) is 24.6 Å². The molecule has 0 aliphatic carbocycles. The number of nitrogens with zero attached hydrogens (tertiary/aromatic N) is 1. The first kappa shape index (κ1) is 19.0. The lowest BCUT2D eigenvalue weighted by atomic mass is 10.1. The molecule has 0 bridgehead atoms. The Balaban J connectivity index is 2.27. The monoisotopic (exact) mass is 361 g/mol. The van der Waals surface area contributed by atoms with Crippen LogP contribution in [-0.2, 0) is 9.59 Å². The quantitative estimate of drug-likeness (QED) is 0.664. The largest absolute Gasteiger partial charge is 0.480 e. The second kappa shape index (κ2) is 8.15. The van der Waals surface area contributed by atoms with Gasteiger partial charge in [-0.2, -0.15) is 0 Å². The van der Waals surface area contributed by atoms with Gasteiger partial charge in [-0.05, 0) is 31.2 Å². The number of rotatable bonds is 7. The zero-order chi connectivity index (χ0) is 19.3. The van der Waals surface area contributed by atoms with Crippen molar-refractivity contribution in [2.24, 2.45) is 0 Å². The van der Waals surface area contributed by atoms with E-state index in [9.17, 15) is 24.3 Å². The van der Waals surface area contributed by atoms with E-state index in [0.717, 1.165) is 4.90 Å². The maximum Gasteiger partial charge on any atom is 0.326 e. The minimum Gasteiger partial charge on any atom is -0.480 e. The molecule has 0 aliphatic rings. The Morgan fingerprint density at radius 3 is 2.58 bits per heavy atom. The lowest BCUT2D eigenvalue weighted by molar-refractivity contribution is -0.141. The van der Waals surface area contributed by atoms with Crippen molar-refractivity contribution < 1.29 is 23.9 Å². The molecule has 2 aromatic rings. The Labute approximate surface area is 148 Å². The Morgan fingerprint density at radius 2 is 2.04 bits per heavy atom. The molecule has 2 amide bonds. The number of H-pyrrole nitrogens is 1. The Bertz CT molecular complexity index is 856. The van der Waals surface area contributed by atoms with Crippen molar-refractivity contribution in [1.29, 1.82) is 0 Å². The molecule has 2 heterocycles. The minimum absolute atomic E-state index is 0.0503. The van der Waals surface area contributed by atoms with Crippen molar-refractivity contribution in [3.63, 3.8) is 0 Å². The maximum atomic E-state index is 12.7. The summed E-state index contributed by atoms with van der Waals surface area (Å²) < 4.78 is 5.18. The molecule has 2 rings (SSSR count). The van der Waals surface area contributed by atoms with Crippen molar-refractivity contribution in [3.05, 3.63) is 46.4 Å². The molecular formula is C17H19N3O6. The van der Waals surface area contributed by atoms with Crippen molar-refractivity contribution in [2.75, 3.05) is 13.1 Å². The van der Waals surface area contributed by atoms with E-state index < -0.39 is 23.5 Å². The normalized spacial score (nSPS) is 11.6. The van der Waals surface area contributed by atoms with E-state index in [2.05, 4.69) is 10.3 Å². The average Bonchev–Trinajstić information content (AvgIpc) is 3.11. The maximum absolute atomic E-state index is 12.7. The van der Waals surface area contributed by atoms with Crippen LogP contribution in [0.1, 0.15) is 24.2 Å². The highest BCUT2D eigenvalue weighted by atomic mass is 16.4. The van der Waals surface area contributed by atoms with Gasteiger partial charge in [-0.25, -0.2) is 4.79 Å². The summed E-state index contributed by atoms with van der Waals surface area (Å²) >= 11 is 0. The number of pyridine rings is 1. The molecule has 0 saturated heterocycles. The first-order chi connectivity index (χ1) is 12.3. The topological polar surface area (TPSA) is 133 Å². The van der Waals surface area contributed by atoms with Crippen LogP contribution in [0.2, 0.25) is 0 Å². The molecule has 2 aromatic heterocycles. The fourth-order valence-electron chi connectivity index (χ4n) is 2.33. The van der Waals surface area contributed by atoms with Crippen LogP contribution in [0.25, 0.3) is 11.5 Å². The fraction of sp³-hybridized carbons (Fsp3) is 0.294. The number of amides is 2. The summed E-state index contributed by atoms with van der Waals surface area (Å²) in [6, 6.07) is 4.97. The summed E-state index contributed by atoms with van der Waals surface area (Å²) in [5.41, 5.74) is -0.463. The smallest absolute Gasteiger partial charge is 0.326 e. The van der Waals surface area contributed by atoms with Gasteiger partial charge in [-0.3, -0.25) is 14.4 Å². The second-order valence-electron chi connectivity index (χ2n) is 5.59. The lowest BCUT2D eigenvalue weighted by Gasteiger charge is -2.26. The van der Waals surface area contributed by atoms with E-state index in [1.54, 1.807) is 12.1 Å². The number of hydrogen-bond donors (Lipinski definition) is 3. The zero-order valence-electron chi connectivity index (χ0n) is 14.3. The molecular weight excluding hydrogens is 342 g/mol. The predicted octanol–water partition coefficient (Wildman–Crippen LogP) is 0.686. The molecule has 0 saturated carbocycles. The predicted molar refractivity (Wildman–Crippen MR) is 91.6 cm³/mol. The number of aliphatic carboxylic acids is 1.